The van der Waals surface area contributed by atoms with Crippen molar-refractivity contribution >= 4 is 21.9 Å². The van der Waals surface area contributed by atoms with Crippen molar-refractivity contribution in [3.63, 3.8) is 0 Å². The summed E-state index contributed by atoms with van der Waals surface area (Å²) >= 11 is 0. The molecule has 3 N–H and O–H groups in total. The molecule has 0 unspecified atom stereocenters. The predicted molar refractivity (Wildman–Crippen MR) is 96.2 cm³/mol. The molecule has 146 valence electrons. The maximum atomic E-state index is 12.5. The molecule has 0 saturated carbocycles. The van der Waals surface area contributed by atoms with E-state index in [1.54, 1.807) is 19.0 Å². The minimum atomic E-state index is -3.96. The Kier molecular flexibility index (Phi) is 6.13. The summed E-state index contributed by atoms with van der Waals surface area (Å²) < 4.78 is 37.4. The number of sulfonamides is 1. The molecule has 1 aromatic carbocycles. The van der Waals surface area contributed by atoms with Gasteiger partial charge in [0.05, 0.1) is 31.2 Å². The van der Waals surface area contributed by atoms with Crippen molar-refractivity contribution in [3.05, 3.63) is 29.6 Å². The first-order valence-electron chi connectivity index (χ1n) is 7.61. The van der Waals surface area contributed by atoms with Crippen LogP contribution in [0, 0.1) is 0 Å². The number of anilines is 1. The third-order valence-corrected chi connectivity index (χ3v) is 4.80. The van der Waals surface area contributed by atoms with Crippen LogP contribution in [-0.2, 0) is 16.6 Å². The number of methoxy groups -OCH3 is 2. The van der Waals surface area contributed by atoms with Crippen LogP contribution in [0.15, 0.2) is 23.1 Å². The average Bonchev–Trinajstić information content (AvgIpc) is 2.65. The minimum Gasteiger partial charge on any atom is -0.496 e. The number of aromatic nitrogens is 3. The summed E-state index contributed by atoms with van der Waals surface area (Å²) in [5.41, 5.74) is 5.22. The van der Waals surface area contributed by atoms with Crippen LogP contribution in [0.3, 0.4) is 0 Å². The zero-order valence-corrected chi connectivity index (χ0v) is 16.1. The van der Waals surface area contributed by atoms with Crippen molar-refractivity contribution in [2.75, 3.05) is 33.2 Å². The van der Waals surface area contributed by atoms with Crippen molar-refractivity contribution in [1.29, 1.82) is 0 Å². The molecule has 0 saturated heterocycles. The lowest BCUT2D eigenvalue weighted by molar-refractivity contribution is 0.0997. The Hall–Kier alpha value is -2.99. The van der Waals surface area contributed by atoms with Crippen molar-refractivity contribution in [1.82, 2.24) is 19.7 Å². The van der Waals surface area contributed by atoms with Gasteiger partial charge in [0.2, 0.25) is 16.0 Å². The summed E-state index contributed by atoms with van der Waals surface area (Å²) in [5.74, 6) is -0.143. The third-order valence-electron chi connectivity index (χ3n) is 3.40. The van der Waals surface area contributed by atoms with Gasteiger partial charge in [-0.3, -0.25) is 4.79 Å². The molecule has 0 fully saturated rings. The number of rotatable bonds is 8. The SMILES string of the molecule is COc1nc(CNS(=O)(=O)c2ccc(OC)c(C(N)=O)c2)nc(N(C)C)n1. The first-order chi connectivity index (χ1) is 12.7. The lowest BCUT2D eigenvalue weighted by Gasteiger charge is -2.13. The number of primary amides is 1. The van der Waals surface area contributed by atoms with E-state index in [4.69, 9.17) is 15.2 Å². The fourth-order valence-corrected chi connectivity index (χ4v) is 3.05. The Labute approximate surface area is 156 Å². The third kappa shape index (κ3) is 4.80. The molecule has 2 rings (SSSR count). The van der Waals surface area contributed by atoms with Gasteiger partial charge in [-0.25, -0.2) is 13.1 Å². The lowest BCUT2D eigenvalue weighted by Crippen LogP contribution is -2.26. The fourth-order valence-electron chi connectivity index (χ4n) is 2.05. The molecule has 2 aromatic rings. The van der Waals surface area contributed by atoms with Crippen LogP contribution < -0.4 is 24.8 Å². The van der Waals surface area contributed by atoms with E-state index in [1.165, 1.54) is 26.4 Å². The van der Waals surface area contributed by atoms with E-state index in [0.717, 1.165) is 6.07 Å². The highest BCUT2D eigenvalue weighted by Crippen LogP contribution is 2.22. The number of ether oxygens (including phenoxy) is 2. The second kappa shape index (κ2) is 8.14. The van der Waals surface area contributed by atoms with E-state index < -0.39 is 15.9 Å². The number of carbonyl (C=O) groups excluding carboxylic acids is 1. The van der Waals surface area contributed by atoms with E-state index in [1.807, 2.05) is 0 Å². The number of nitrogens with one attached hydrogen (secondary N) is 1. The Morgan fingerprint density at radius 2 is 1.89 bits per heavy atom. The molecule has 1 aromatic heterocycles. The van der Waals surface area contributed by atoms with Crippen LogP contribution in [0.25, 0.3) is 0 Å². The number of hydrogen-bond acceptors (Lipinski definition) is 9. The largest absolute Gasteiger partial charge is 0.496 e. The summed E-state index contributed by atoms with van der Waals surface area (Å²) in [6.07, 6.45) is 0. The molecule has 0 bridgehead atoms. The standard InChI is InChI=1S/C15H20N6O5S/c1-21(2)14-18-12(19-15(20-14)26-4)8-17-27(23,24)9-5-6-11(25-3)10(7-9)13(16)22/h5-7,17H,8H2,1-4H3,(H2,16,22). The molecule has 0 aliphatic carbocycles. The van der Waals surface area contributed by atoms with E-state index in [2.05, 4.69) is 19.7 Å². The highest BCUT2D eigenvalue weighted by Gasteiger charge is 2.19. The number of nitrogens with zero attached hydrogens (tertiary/aromatic N) is 4. The van der Waals surface area contributed by atoms with Gasteiger partial charge in [-0.15, -0.1) is 0 Å². The number of hydrogen-bond donors (Lipinski definition) is 2. The van der Waals surface area contributed by atoms with Crippen LogP contribution in [0.2, 0.25) is 0 Å². The van der Waals surface area contributed by atoms with E-state index in [0.29, 0.717) is 5.95 Å². The molecule has 0 aliphatic heterocycles. The molecule has 12 heteroatoms. The van der Waals surface area contributed by atoms with Crippen LogP contribution in [0.5, 0.6) is 11.8 Å². The zero-order chi connectivity index (χ0) is 20.2. The monoisotopic (exact) mass is 396 g/mol. The summed E-state index contributed by atoms with van der Waals surface area (Å²) in [5, 5.41) is 0. The number of amides is 1. The van der Waals surface area contributed by atoms with Gasteiger partial charge in [0.1, 0.15) is 5.75 Å². The average molecular weight is 396 g/mol. The van der Waals surface area contributed by atoms with Gasteiger partial charge in [0.25, 0.3) is 5.91 Å². The first-order valence-corrected chi connectivity index (χ1v) is 9.10. The van der Waals surface area contributed by atoms with Crippen molar-refractivity contribution < 1.29 is 22.7 Å². The lowest BCUT2D eigenvalue weighted by atomic mass is 10.2. The van der Waals surface area contributed by atoms with E-state index >= 15 is 0 Å². The van der Waals surface area contributed by atoms with Crippen molar-refractivity contribution in [2.24, 2.45) is 5.73 Å². The van der Waals surface area contributed by atoms with Crippen LogP contribution in [0.1, 0.15) is 16.2 Å². The molecule has 0 radical (unpaired) electrons. The van der Waals surface area contributed by atoms with Crippen LogP contribution in [-0.4, -0.2) is 57.6 Å². The van der Waals surface area contributed by atoms with Gasteiger partial charge < -0.3 is 20.1 Å². The van der Waals surface area contributed by atoms with Gasteiger partial charge in [-0.05, 0) is 18.2 Å². The predicted octanol–water partition coefficient (Wildman–Crippen LogP) is -0.468. The fraction of sp³-hybridized carbons (Fsp3) is 0.333. The summed E-state index contributed by atoms with van der Waals surface area (Å²) in [7, 11) is 2.24. The maximum absolute atomic E-state index is 12.5. The molecular formula is C15H20N6O5S. The smallest absolute Gasteiger partial charge is 0.321 e. The Morgan fingerprint density at radius 1 is 1.19 bits per heavy atom. The molecule has 27 heavy (non-hydrogen) atoms. The van der Waals surface area contributed by atoms with Gasteiger partial charge in [-0.1, -0.05) is 0 Å². The maximum Gasteiger partial charge on any atom is 0.321 e. The summed E-state index contributed by atoms with van der Waals surface area (Å²) in [4.78, 5) is 25.2. The number of nitrogens with two attached hydrogens (primary N) is 1. The summed E-state index contributed by atoms with van der Waals surface area (Å²) in [6, 6.07) is 3.85. The van der Waals surface area contributed by atoms with E-state index in [-0.39, 0.29) is 34.6 Å². The normalized spacial score (nSPS) is 11.1. The number of benzene rings is 1. The highest BCUT2D eigenvalue weighted by molar-refractivity contribution is 7.89. The second-order valence-electron chi connectivity index (χ2n) is 5.48. The minimum absolute atomic E-state index is 0.0444. The molecule has 0 aliphatic rings. The van der Waals surface area contributed by atoms with Gasteiger partial charge >= 0.3 is 6.01 Å². The molecule has 1 heterocycles. The molecule has 11 nitrogen and oxygen atoms in total. The van der Waals surface area contributed by atoms with Gasteiger partial charge in [0.15, 0.2) is 5.82 Å². The first kappa shape index (κ1) is 20.3. The quantitative estimate of drug-likeness (QED) is 0.604. The topological polar surface area (TPSA) is 150 Å². The van der Waals surface area contributed by atoms with Crippen molar-refractivity contribution in [2.45, 2.75) is 11.4 Å². The Bertz CT molecular complexity index is 948. The summed E-state index contributed by atoms with van der Waals surface area (Å²) in [6.45, 7) is -0.208. The van der Waals surface area contributed by atoms with Gasteiger partial charge in [-0.2, -0.15) is 15.0 Å². The van der Waals surface area contributed by atoms with Crippen molar-refractivity contribution in [3.8, 4) is 11.8 Å². The molecule has 0 spiro atoms. The Morgan fingerprint density at radius 3 is 2.44 bits per heavy atom. The van der Waals surface area contributed by atoms with Crippen LogP contribution >= 0.6 is 0 Å². The molecule has 1 amide bonds. The van der Waals surface area contributed by atoms with Crippen LogP contribution in [0.4, 0.5) is 5.95 Å². The highest BCUT2D eigenvalue weighted by atomic mass is 32.2. The second-order valence-corrected chi connectivity index (χ2v) is 7.25. The Balaban J connectivity index is 2.29. The van der Waals surface area contributed by atoms with E-state index in [9.17, 15) is 13.2 Å². The molecule has 0 atom stereocenters. The van der Waals surface area contributed by atoms with Gasteiger partial charge in [0, 0.05) is 14.1 Å². The number of carbonyl (C=O) groups is 1. The zero-order valence-electron chi connectivity index (χ0n) is 15.3. The molecular weight excluding hydrogens is 376 g/mol.